The van der Waals surface area contributed by atoms with Crippen molar-refractivity contribution >= 4 is 23.3 Å². The lowest BCUT2D eigenvalue weighted by Gasteiger charge is -2.38. The minimum atomic E-state index is -0.0828. The molecule has 4 aliphatic rings. The molecule has 1 aliphatic heterocycles. The van der Waals surface area contributed by atoms with Crippen LogP contribution < -0.4 is 15.5 Å². The zero-order chi connectivity index (χ0) is 18.4. The number of hydrogen-bond acceptors (Lipinski definition) is 2. The number of urea groups is 1. The summed E-state index contributed by atoms with van der Waals surface area (Å²) in [7, 11) is 0. The number of carbonyl (C=O) groups is 2. The predicted octanol–water partition coefficient (Wildman–Crippen LogP) is 4.29. The summed E-state index contributed by atoms with van der Waals surface area (Å²) in [6, 6.07) is 7.55. The monoisotopic (exact) mass is 367 g/mol. The number of nitrogens with zero attached hydrogens (tertiary/aromatic N) is 1. The van der Waals surface area contributed by atoms with Crippen molar-refractivity contribution in [1.82, 2.24) is 5.32 Å². The third kappa shape index (κ3) is 3.21. The molecule has 1 aromatic carbocycles. The van der Waals surface area contributed by atoms with Gasteiger partial charge in [-0.3, -0.25) is 4.79 Å². The second-order valence-electron chi connectivity index (χ2n) is 9.22. The van der Waals surface area contributed by atoms with Gasteiger partial charge in [0.05, 0.1) is 0 Å². The van der Waals surface area contributed by atoms with E-state index in [1.54, 1.807) is 0 Å². The Morgan fingerprint density at radius 1 is 1.04 bits per heavy atom. The van der Waals surface area contributed by atoms with Crippen LogP contribution in [0.2, 0.25) is 0 Å². The van der Waals surface area contributed by atoms with E-state index in [9.17, 15) is 9.59 Å². The maximum atomic E-state index is 12.7. The van der Waals surface area contributed by atoms with Crippen molar-refractivity contribution in [3.63, 3.8) is 0 Å². The summed E-state index contributed by atoms with van der Waals surface area (Å²) in [5, 5.41) is 6.37. The van der Waals surface area contributed by atoms with Crippen molar-refractivity contribution in [3.05, 3.63) is 24.3 Å². The van der Waals surface area contributed by atoms with Gasteiger partial charge in [0.2, 0.25) is 5.91 Å². The molecule has 0 spiro atoms. The van der Waals surface area contributed by atoms with E-state index in [1.807, 2.05) is 29.2 Å². The lowest BCUT2D eigenvalue weighted by molar-refractivity contribution is -0.117. The van der Waals surface area contributed by atoms with Gasteiger partial charge >= 0.3 is 6.03 Å². The van der Waals surface area contributed by atoms with Gasteiger partial charge in [0.25, 0.3) is 0 Å². The van der Waals surface area contributed by atoms with Gasteiger partial charge in [-0.05, 0) is 74.1 Å². The number of fused-ring (bicyclic) bond motifs is 2. The van der Waals surface area contributed by atoms with Crippen molar-refractivity contribution in [2.45, 2.75) is 63.3 Å². The number of nitrogens with one attached hydrogen (secondary N) is 2. The van der Waals surface area contributed by atoms with E-state index >= 15 is 0 Å². The van der Waals surface area contributed by atoms with Gasteiger partial charge in [0.15, 0.2) is 0 Å². The Morgan fingerprint density at radius 3 is 2.63 bits per heavy atom. The number of hydrogen-bond donors (Lipinski definition) is 2. The van der Waals surface area contributed by atoms with Crippen molar-refractivity contribution in [3.8, 4) is 0 Å². The summed E-state index contributed by atoms with van der Waals surface area (Å²) in [6.45, 7) is 0.790. The van der Waals surface area contributed by atoms with Gasteiger partial charge in [-0.1, -0.05) is 19.3 Å². The molecule has 0 aromatic heterocycles. The normalized spacial score (nSPS) is 34.6. The van der Waals surface area contributed by atoms with E-state index < -0.39 is 0 Å². The highest BCUT2D eigenvalue weighted by atomic mass is 16.2. The van der Waals surface area contributed by atoms with Crippen LogP contribution in [-0.2, 0) is 4.79 Å². The molecule has 1 heterocycles. The van der Waals surface area contributed by atoms with Crippen LogP contribution in [0.15, 0.2) is 24.3 Å². The summed E-state index contributed by atoms with van der Waals surface area (Å²) in [4.78, 5) is 26.4. The van der Waals surface area contributed by atoms with E-state index in [0.29, 0.717) is 6.42 Å². The maximum Gasteiger partial charge on any atom is 0.319 e. The molecule has 5 nitrogen and oxygen atoms in total. The van der Waals surface area contributed by atoms with Gasteiger partial charge in [0.1, 0.15) is 0 Å². The fourth-order valence-corrected chi connectivity index (χ4v) is 6.36. The third-order valence-electron chi connectivity index (χ3n) is 7.36. The highest BCUT2D eigenvalue weighted by Gasteiger charge is 2.52. The van der Waals surface area contributed by atoms with Gasteiger partial charge < -0.3 is 15.5 Å². The van der Waals surface area contributed by atoms with Crippen LogP contribution in [0.1, 0.15) is 57.8 Å². The zero-order valence-electron chi connectivity index (χ0n) is 15.9. The average molecular weight is 367 g/mol. The Hall–Kier alpha value is -2.04. The Balaban J connectivity index is 1.23. The molecule has 3 saturated carbocycles. The van der Waals surface area contributed by atoms with Crippen molar-refractivity contribution in [2.75, 3.05) is 16.8 Å². The standard InChI is InChI=1S/C22H29N3O2/c26-20-5-2-10-25(20)19-8-6-18(7-9-19)23-21(27)24-22-12-15-3-1-4-16(13-22)17(11-15)14-22/h6-9,15-17H,1-5,10-14H2,(H2,23,24,27). The molecule has 27 heavy (non-hydrogen) atoms. The van der Waals surface area contributed by atoms with E-state index in [1.165, 1.54) is 25.7 Å². The largest absolute Gasteiger partial charge is 0.332 e. The van der Waals surface area contributed by atoms with Gasteiger partial charge in [-0.25, -0.2) is 4.79 Å². The second kappa shape index (κ2) is 6.54. The number of carbonyl (C=O) groups excluding carboxylic acids is 2. The lowest BCUT2D eigenvalue weighted by atomic mass is 9.75. The quantitative estimate of drug-likeness (QED) is 0.837. The molecule has 4 atom stereocenters. The first-order valence-corrected chi connectivity index (χ1v) is 10.6. The molecule has 3 amide bonds. The molecule has 1 aromatic rings. The molecule has 3 aliphatic carbocycles. The molecule has 1 saturated heterocycles. The van der Waals surface area contributed by atoms with Crippen LogP contribution in [0, 0.1) is 17.8 Å². The Kier molecular flexibility index (Phi) is 4.14. The molecular formula is C22H29N3O2. The van der Waals surface area contributed by atoms with Crippen LogP contribution in [0.3, 0.4) is 0 Å². The molecule has 3 bridgehead atoms. The second-order valence-corrected chi connectivity index (χ2v) is 9.22. The predicted molar refractivity (Wildman–Crippen MR) is 106 cm³/mol. The molecule has 4 fully saturated rings. The summed E-state index contributed by atoms with van der Waals surface area (Å²) >= 11 is 0. The third-order valence-corrected chi connectivity index (χ3v) is 7.36. The first-order chi connectivity index (χ1) is 13.1. The Bertz CT molecular complexity index is 742. The minimum absolute atomic E-state index is 0.0185. The van der Waals surface area contributed by atoms with Crippen LogP contribution in [0.25, 0.3) is 0 Å². The summed E-state index contributed by atoms with van der Waals surface area (Å²) in [5.74, 6) is 2.62. The van der Waals surface area contributed by atoms with Crippen LogP contribution >= 0.6 is 0 Å². The fourth-order valence-electron chi connectivity index (χ4n) is 6.36. The Morgan fingerprint density at radius 2 is 1.85 bits per heavy atom. The molecule has 4 unspecified atom stereocenters. The molecular weight excluding hydrogens is 338 g/mol. The van der Waals surface area contributed by atoms with Gasteiger partial charge in [0, 0.05) is 29.9 Å². The average Bonchev–Trinajstić information content (AvgIpc) is 3.11. The molecule has 0 radical (unpaired) electrons. The van der Waals surface area contributed by atoms with Crippen LogP contribution in [0.4, 0.5) is 16.2 Å². The lowest BCUT2D eigenvalue weighted by Crippen LogP contribution is -2.51. The summed E-state index contributed by atoms with van der Waals surface area (Å²) in [6.07, 6.45) is 10.5. The van der Waals surface area contributed by atoms with Crippen molar-refractivity contribution in [2.24, 2.45) is 17.8 Å². The first-order valence-electron chi connectivity index (χ1n) is 10.6. The zero-order valence-corrected chi connectivity index (χ0v) is 15.9. The number of amides is 3. The highest BCUT2D eigenvalue weighted by molar-refractivity contribution is 5.96. The Labute approximate surface area is 160 Å². The number of benzene rings is 1. The number of rotatable bonds is 3. The van der Waals surface area contributed by atoms with Gasteiger partial charge in [-0.15, -0.1) is 0 Å². The molecule has 5 heteroatoms. The molecule has 144 valence electrons. The van der Waals surface area contributed by atoms with Crippen molar-refractivity contribution < 1.29 is 9.59 Å². The van der Waals surface area contributed by atoms with Crippen LogP contribution in [0.5, 0.6) is 0 Å². The smallest absolute Gasteiger partial charge is 0.319 e. The molecule has 5 rings (SSSR count). The summed E-state index contributed by atoms with van der Waals surface area (Å²) < 4.78 is 0. The maximum absolute atomic E-state index is 12.7. The van der Waals surface area contributed by atoms with Gasteiger partial charge in [-0.2, -0.15) is 0 Å². The van der Waals surface area contributed by atoms with Crippen molar-refractivity contribution in [1.29, 1.82) is 0 Å². The topological polar surface area (TPSA) is 61.4 Å². The number of anilines is 2. The highest BCUT2D eigenvalue weighted by Crippen LogP contribution is 2.55. The van der Waals surface area contributed by atoms with Crippen LogP contribution in [-0.4, -0.2) is 24.0 Å². The first kappa shape index (κ1) is 17.1. The van der Waals surface area contributed by atoms with E-state index in [0.717, 1.165) is 61.4 Å². The van der Waals surface area contributed by atoms with E-state index in [2.05, 4.69) is 10.6 Å². The fraction of sp³-hybridized carbons (Fsp3) is 0.636. The van der Waals surface area contributed by atoms with E-state index in [-0.39, 0.29) is 17.5 Å². The minimum Gasteiger partial charge on any atom is -0.332 e. The summed E-state index contributed by atoms with van der Waals surface area (Å²) in [5.41, 5.74) is 1.72. The van der Waals surface area contributed by atoms with E-state index in [4.69, 9.17) is 0 Å². The molecule has 2 N–H and O–H groups in total. The SMILES string of the molecule is O=C(Nc1ccc(N2CCCC2=O)cc1)NC12CC3CCCC(C1)C(C3)C2.